The standard InChI is InChI=1S/C14H19FO9/c1-6(16)20-5-10(21-7(2)17)11-12(22-8(3)18)13(14(15)24-11)23-9(4)19/h10-14H,5H2,1-4H3/t10-,11-,12+,13-,14-/m1/s1. The normalized spacial score (nSPS) is 27.0. The molecule has 1 aliphatic heterocycles. The summed E-state index contributed by atoms with van der Waals surface area (Å²) in [5.41, 5.74) is 0. The SMILES string of the molecule is CC(=O)OC[C@@H](OC(C)=O)[C@H]1O[C@@H](F)[C@H](OC(C)=O)[C@H]1OC(C)=O. The van der Waals surface area contributed by atoms with E-state index in [2.05, 4.69) is 0 Å². The maximum absolute atomic E-state index is 14.1. The molecule has 1 aliphatic rings. The molecule has 0 bridgehead atoms. The van der Waals surface area contributed by atoms with Crippen molar-refractivity contribution in [2.75, 3.05) is 6.61 Å². The minimum atomic E-state index is -2.11. The Bertz CT molecular complexity index is 506. The molecule has 0 aromatic carbocycles. The van der Waals surface area contributed by atoms with Crippen molar-refractivity contribution < 1.29 is 47.3 Å². The Morgan fingerprint density at radius 2 is 1.46 bits per heavy atom. The van der Waals surface area contributed by atoms with Crippen molar-refractivity contribution in [1.29, 1.82) is 0 Å². The molecule has 1 fully saturated rings. The van der Waals surface area contributed by atoms with Crippen LogP contribution in [0.15, 0.2) is 0 Å². The van der Waals surface area contributed by atoms with E-state index in [1.165, 1.54) is 0 Å². The number of rotatable bonds is 6. The lowest BCUT2D eigenvalue weighted by atomic mass is 10.1. The zero-order valence-corrected chi connectivity index (χ0v) is 13.6. The summed E-state index contributed by atoms with van der Waals surface area (Å²) < 4.78 is 38.5. The molecule has 1 saturated heterocycles. The Balaban J connectivity index is 3.03. The maximum atomic E-state index is 14.1. The van der Waals surface area contributed by atoms with Crippen molar-refractivity contribution in [1.82, 2.24) is 0 Å². The smallest absolute Gasteiger partial charge is 0.303 e. The monoisotopic (exact) mass is 350 g/mol. The second-order valence-corrected chi connectivity index (χ2v) is 5.05. The summed E-state index contributed by atoms with van der Waals surface area (Å²) in [7, 11) is 0. The van der Waals surface area contributed by atoms with Crippen LogP contribution < -0.4 is 0 Å². The minimum Gasteiger partial charge on any atom is -0.462 e. The lowest BCUT2D eigenvalue weighted by Gasteiger charge is -2.27. The lowest BCUT2D eigenvalue weighted by Crippen LogP contribution is -2.46. The fourth-order valence-corrected chi connectivity index (χ4v) is 2.19. The topological polar surface area (TPSA) is 114 Å². The van der Waals surface area contributed by atoms with Crippen LogP contribution in [0.25, 0.3) is 0 Å². The lowest BCUT2D eigenvalue weighted by molar-refractivity contribution is -0.178. The van der Waals surface area contributed by atoms with Crippen molar-refractivity contribution in [3.05, 3.63) is 0 Å². The summed E-state index contributed by atoms with van der Waals surface area (Å²) in [5.74, 6) is -3.01. The molecule has 24 heavy (non-hydrogen) atoms. The molecule has 10 heteroatoms. The summed E-state index contributed by atoms with van der Waals surface area (Å²) in [4.78, 5) is 44.5. The molecule has 0 radical (unpaired) electrons. The van der Waals surface area contributed by atoms with Gasteiger partial charge in [-0.2, -0.15) is 0 Å². The number of hydrogen-bond acceptors (Lipinski definition) is 9. The van der Waals surface area contributed by atoms with Gasteiger partial charge in [0.2, 0.25) is 6.36 Å². The van der Waals surface area contributed by atoms with Crippen LogP contribution in [0.5, 0.6) is 0 Å². The average molecular weight is 350 g/mol. The predicted octanol–water partition coefficient (Wildman–Crippen LogP) is 0.0390. The van der Waals surface area contributed by atoms with Crippen molar-refractivity contribution in [2.24, 2.45) is 0 Å². The van der Waals surface area contributed by atoms with Gasteiger partial charge in [0.1, 0.15) is 12.7 Å². The molecule has 0 amide bonds. The fraction of sp³-hybridized carbons (Fsp3) is 0.714. The molecule has 0 saturated carbocycles. The van der Waals surface area contributed by atoms with Gasteiger partial charge < -0.3 is 23.7 Å². The molecule has 136 valence electrons. The second-order valence-electron chi connectivity index (χ2n) is 5.05. The van der Waals surface area contributed by atoms with E-state index in [1.54, 1.807) is 0 Å². The van der Waals surface area contributed by atoms with Crippen LogP contribution in [-0.4, -0.2) is 61.3 Å². The molecule has 0 aromatic rings. The Labute approximate surface area is 137 Å². The zero-order valence-electron chi connectivity index (χ0n) is 13.6. The molecular formula is C14H19FO9. The van der Waals surface area contributed by atoms with E-state index in [0.29, 0.717) is 0 Å². The van der Waals surface area contributed by atoms with Crippen molar-refractivity contribution in [3.8, 4) is 0 Å². The van der Waals surface area contributed by atoms with Gasteiger partial charge in [0.05, 0.1) is 0 Å². The van der Waals surface area contributed by atoms with E-state index in [0.717, 1.165) is 27.7 Å². The van der Waals surface area contributed by atoms with Crippen LogP contribution in [0.4, 0.5) is 4.39 Å². The molecule has 0 aromatic heterocycles. The van der Waals surface area contributed by atoms with Crippen molar-refractivity contribution >= 4 is 23.9 Å². The van der Waals surface area contributed by atoms with E-state index >= 15 is 0 Å². The van der Waals surface area contributed by atoms with Crippen LogP contribution in [0.1, 0.15) is 27.7 Å². The molecule has 1 rings (SSSR count). The third kappa shape index (κ3) is 5.76. The van der Waals surface area contributed by atoms with E-state index in [-0.39, 0.29) is 0 Å². The second kappa shape index (κ2) is 8.57. The molecule has 0 spiro atoms. The summed E-state index contributed by atoms with van der Waals surface area (Å²) in [6.07, 6.45) is -7.60. The Hall–Kier alpha value is -2.23. The van der Waals surface area contributed by atoms with E-state index in [1.807, 2.05) is 0 Å². The quantitative estimate of drug-likeness (QED) is 0.483. The van der Waals surface area contributed by atoms with Gasteiger partial charge in [-0.15, -0.1) is 0 Å². The van der Waals surface area contributed by atoms with Crippen LogP contribution >= 0.6 is 0 Å². The summed E-state index contributed by atoms with van der Waals surface area (Å²) in [5, 5.41) is 0. The first-order chi connectivity index (χ1) is 11.1. The summed E-state index contributed by atoms with van der Waals surface area (Å²) in [6.45, 7) is 3.89. The molecule has 5 atom stereocenters. The zero-order chi connectivity index (χ0) is 18.4. The van der Waals surface area contributed by atoms with Crippen LogP contribution in [0.2, 0.25) is 0 Å². The Kier molecular flexibility index (Phi) is 7.08. The number of hydrogen-bond donors (Lipinski definition) is 0. The van der Waals surface area contributed by atoms with Gasteiger partial charge in [-0.3, -0.25) is 19.2 Å². The average Bonchev–Trinajstić information content (AvgIpc) is 2.70. The van der Waals surface area contributed by atoms with E-state index in [9.17, 15) is 23.6 Å². The van der Waals surface area contributed by atoms with Crippen molar-refractivity contribution in [2.45, 2.75) is 58.5 Å². The molecule has 9 nitrogen and oxygen atoms in total. The summed E-state index contributed by atoms with van der Waals surface area (Å²) in [6, 6.07) is 0. The van der Waals surface area contributed by atoms with Gasteiger partial charge >= 0.3 is 23.9 Å². The third-order valence-electron chi connectivity index (χ3n) is 2.93. The van der Waals surface area contributed by atoms with Gasteiger partial charge in [0, 0.05) is 27.7 Å². The highest BCUT2D eigenvalue weighted by atomic mass is 19.1. The molecule has 0 unspecified atom stereocenters. The number of esters is 4. The van der Waals surface area contributed by atoms with E-state index in [4.69, 9.17) is 23.7 Å². The Morgan fingerprint density at radius 1 is 0.917 bits per heavy atom. The first-order valence-corrected chi connectivity index (χ1v) is 7.06. The van der Waals surface area contributed by atoms with Crippen LogP contribution in [-0.2, 0) is 42.9 Å². The van der Waals surface area contributed by atoms with Gasteiger partial charge in [-0.25, -0.2) is 4.39 Å². The largest absolute Gasteiger partial charge is 0.462 e. The van der Waals surface area contributed by atoms with Gasteiger partial charge in [0.25, 0.3) is 0 Å². The first kappa shape index (κ1) is 19.8. The Morgan fingerprint density at radius 3 is 1.92 bits per heavy atom. The van der Waals surface area contributed by atoms with E-state index < -0.39 is 61.3 Å². The molecule has 0 aliphatic carbocycles. The predicted molar refractivity (Wildman–Crippen MR) is 73.1 cm³/mol. The van der Waals surface area contributed by atoms with Crippen molar-refractivity contribution in [3.63, 3.8) is 0 Å². The number of halogens is 1. The van der Waals surface area contributed by atoms with Gasteiger partial charge in [-0.1, -0.05) is 0 Å². The van der Waals surface area contributed by atoms with Gasteiger partial charge in [-0.05, 0) is 0 Å². The fourth-order valence-electron chi connectivity index (χ4n) is 2.19. The molecule has 0 N–H and O–H groups in total. The van der Waals surface area contributed by atoms with Crippen LogP contribution in [0, 0.1) is 0 Å². The highest BCUT2D eigenvalue weighted by Gasteiger charge is 2.53. The number of alkyl halides is 1. The number of carbonyl (C=O) groups excluding carboxylic acids is 4. The molecular weight excluding hydrogens is 331 g/mol. The minimum absolute atomic E-state index is 0.448. The summed E-state index contributed by atoms with van der Waals surface area (Å²) >= 11 is 0. The molecule has 1 heterocycles. The maximum Gasteiger partial charge on any atom is 0.303 e. The van der Waals surface area contributed by atoms with Crippen LogP contribution in [0.3, 0.4) is 0 Å². The number of carbonyl (C=O) groups is 4. The highest BCUT2D eigenvalue weighted by Crippen LogP contribution is 2.31. The number of ether oxygens (including phenoxy) is 5. The van der Waals surface area contributed by atoms with Gasteiger partial charge in [0.15, 0.2) is 18.3 Å². The third-order valence-corrected chi connectivity index (χ3v) is 2.93. The first-order valence-electron chi connectivity index (χ1n) is 7.06. The highest BCUT2D eigenvalue weighted by molar-refractivity contribution is 5.68.